The summed E-state index contributed by atoms with van der Waals surface area (Å²) in [5.41, 5.74) is 4.55. The molecule has 2 aromatic heterocycles. The van der Waals surface area contributed by atoms with Crippen molar-refractivity contribution in [2.75, 3.05) is 6.54 Å². The minimum absolute atomic E-state index is 0.130. The van der Waals surface area contributed by atoms with Gasteiger partial charge < -0.3 is 4.90 Å². The maximum atomic E-state index is 13.9. The Hall–Kier alpha value is -3.88. The number of aromatic nitrogens is 4. The van der Waals surface area contributed by atoms with Crippen LogP contribution in [0, 0.1) is 17.5 Å². The summed E-state index contributed by atoms with van der Waals surface area (Å²) < 4.78 is 44.5. The van der Waals surface area contributed by atoms with Crippen molar-refractivity contribution in [2.24, 2.45) is 14.1 Å². The summed E-state index contributed by atoms with van der Waals surface area (Å²) in [7, 11) is 3.50. The number of carbonyl (C=O) groups excluding carboxylic acids is 1. The van der Waals surface area contributed by atoms with Gasteiger partial charge in [-0.05, 0) is 43.2 Å². The molecule has 34 heavy (non-hydrogen) atoms. The number of rotatable bonds is 3. The molecule has 0 aliphatic carbocycles. The topological polar surface area (TPSA) is 56.0 Å². The minimum Gasteiger partial charge on any atom is -0.330 e. The standard InChI is InChI=1S/C25H22F3N5O/c1-14-23-19(24(32(3)30-23)17-10-20(26)22(28)21(27)11-17)7-8-33(14)25(34)16-6-4-5-15(9-16)18-12-29-31(2)13-18/h4-6,9-14H,7-8H2,1-3H3/t14-/m0/s1. The molecule has 0 fully saturated rings. The van der Waals surface area contributed by atoms with Gasteiger partial charge in [-0.1, -0.05) is 12.1 Å². The number of hydrogen-bond donors (Lipinski definition) is 0. The Bertz CT molecular complexity index is 1400. The number of carbonyl (C=O) groups is 1. The molecule has 0 bridgehead atoms. The van der Waals surface area contributed by atoms with Crippen molar-refractivity contribution < 1.29 is 18.0 Å². The molecule has 1 aliphatic rings. The second-order valence-electron chi connectivity index (χ2n) is 8.50. The van der Waals surface area contributed by atoms with Crippen LogP contribution in [0.3, 0.4) is 0 Å². The van der Waals surface area contributed by atoms with E-state index in [9.17, 15) is 18.0 Å². The molecule has 5 rings (SSSR count). The van der Waals surface area contributed by atoms with Gasteiger partial charge in [0.1, 0.15) is 0 Å². The maximum absolute atomic E-state index is 13.9. The number of aryl methyl sites for hydroxylation is 2. The highest BCUT2D eigenvalue weighted by molar-refractivity contribution is 5.96. The molecule has 9 heteroatoms. The first-order valence-corrected chi connectivity index (χ1v) is 10.9. The summed E-state index contributed by atoms with van der Waals surface area (Å²) in [5.74, 6) is -4.13. The van der Waals surface area contributed by atoms with E-state index in [0.717, 1.165) is 28.8 Å². The van der Waals surface area contributed by atoms with Gasteiger partial charge >= 0.3 is 0 Å². The van der Waals surface area contributed by atoms with Gasteiger partial charge in [-0.2, -0.15) is 10.2 Å². The lowest BCUT2D eigenvalue weighted by atomic mass is 9.94. The summed E-state index contributed by atoms with van der Waals surface area (Å²) in [6, 6.07) is 8.98. The molecule has 0 saturated carbocycles. The van der Waals surface area contributed by atoms with Crippen molar-refractivity contribution in [1.82, 2.24) is 24.5 Å². The van der Waals surface area contributed by atoms with E-state index in [2.05, 4.69) is 10.2 Å². The first kappa shape index (κ1) is 21.9. The highest BCUT2D eigenvalue weighted by atomic mass is 19.2. The highest BCUT2D eigenvalue weighted by Gasteiger charge is 2.33. The Labute approximate surface area is 194 Å². The van der Waals surface area contributed by atoms with Crippen molar-refractivity contribution in [3.8, 4) is 22.4 Å². The normalized spacial score (nSPS) is 15.5. The van der Waals surface area contributed by atoms with Crippen molar-refractivity contribution in [2.45, 2.75) is 19.4 Å². The number of amides is 1. The molecule has 0 unspecified atom stereocenters. The molecule has 0 N–H and O–H groups in total. The zero-order valence-electron chi connectivity index (χ0n) is 18.9. The van der Waals surface area contributed by atoms with E-state index in [1.54, 1.807) is 28.9 Å². The zero-order valence-corrected chi connectivity index (χ0v) is 18.9. The fourth-order valence-corrected chi connectivity index (χ4v) is 4.64. The van der Waals surface area contributed by atoms with Gasteiger partial charge in [0.25, 0.3) is 5.91 Å². The summed E-state index contributed by atoms with van der Waals surface area (Å²) in [5, 5.41) is 8.75. The van der Waals surface area contributed by atoms with Crippen molar-refractivity contribution >= 4 is 5.91 Å². The molecule has 0 radical (unpaired) electrons. The second kappa shape index (κ2) is 8.16. The summed E-state index contributed by atoms with van der Waals surface area (Å²) in [6.07, 6.45) is 4.09. The average Bonchev–Trinajstić information content (AvgIpc) is 3.40. The van der Waals surface area contributed by atoms with Gasteiger partial charge in [0.05, 0.1) is 23.6 Å². The van der Waals surface area contributed by atoms with Gasteiger partial charge in [0.15, 0.2) is 17.5 Å². The number of halogens is 3. The Morgan fingerprint density at radius 2 is 1.76 bits per heavy atom. The first-order chi connectivity index (χ1) is 16.2. The minimum atomic E-state index is -1.50. The zero-order chi connectivity index (χ0) is 24.1. The second-order valence-corrected chi connectivity index (χ2v) is 8.50. The Balaban J connectivity index is 1.47. The molecule has 3 heterocycles. The Morgan fingerprint density at radius 3 is 2.44 bits per heavy atom. The third-order valence-corrected chi connectivity index (χ3v) is 6.31. The molecule has 1 atom stereocenters. The molecule has 0 saturated heterocycles. The van der Waals surface area contributed by atoms with Crippen LogP contribution in [0.2, 0.25) is 0 Å². The summed E-state index contributed by atoms with van der Waals surface area (Å²) in [4.78, 5) is 15.2. The van der Waals surface area contributed by atoms with E-state index in [-0.39, 0.29) is 17.5 Å². The third-order valence-electron chi connectivity index (χ3n) is 6.31. The fourth-order valence-electron chi connectivity index (χ4n) is 4.64. The van der Waals surface area contributed by atoms with Gasteiger partial charge in [-0.15, -0.1) is 0 Å². The van der Waals surface area contributed by atoms with Crippen molar-refractivity contribution in [3.05, 3.63) is 83.1 Å². The van der Waals surface area contributed by atoms with E-state index in [4.69, 9.17) is 0 Å². The van der Waals surface area contributed by atoms with Crippen LogP contribution in [0.4, 0.5) is 13.2 Å². The monoisotopic (exact) mass is 465 g/mol. The Kier molecular flexibility index (Phi) is 5.27. The summed E-state index contributed by atoms with van der Waals surface area (Å²) in [6.45, 7) is 2.29. The average molecular weight is 465 g/mol. The SMILES string of the molecule is C[C@H]1c2nn(C)c(-c3cc(F)c(F)c(F)c3)c2CCN1C(=O)c1cccc(-c2cnn(C)c2)c1. The molecule has 4 aromatic rings. The van der Waals surface area contributed by atoms with Gasteiger partial charge in [-0.3, -0.25) is 14.2 Å². The van der Waals surface area contributed by atoms with Crippen LogP contribution in [0.1, 0.15) is 34.6 Å². The highest BCUT2D eigenvalue weighted by Crippen LogP contribution is 2.37. The van der Waals surface area contributed by atoms with E-state index in [0.29, 0.717) is 29.9 Å². The molecule has 2 aromatic carbocycles. The quantitative estimate of drug-likeness (QED) is 0.414. The van der Waals surface area contributed by atoms with Crippen LogP contribution < -0.4 is 0 Å². The van der Waals surface area contributed by atoms with Crippen LogP contribution in [-0.4, -0.2) is 36.9 Å². The smallest absolute Gasteiger partial charge is 0.254 e. The maximum Gasteiger partial charge on any atom is 0.254 e. The van der Waals surface area contributed by atoms with Gasteiger partial charge in [-0.25, -0.2) is 13.2 Å². The van der Waals surface area contributed by atoms with Crippen molar-refractivity contribution in [1.29, 1.82) is 0 Å². The largest absolute Gasteiger partial charge is 0.330 e. The van der Waals surface area contributed by atoms with Crippen LogP contribution in [0.15, 0.2) is 48.8 Å². The van der Waals surface area contributed by atoms with Crippen LogP contribution >= 0.6 is 0 Å². The number of benzene rings is 2. The van der Waals surface area contributed by atoms with Crippen molar-refractivity contribution in [3.63, 3.8) is 0 Å². The Morgan fingerprint density at radius 1 is 1.03 bits per heavy atom. The molecule has 1 amide bonds. The molecular formula is C25H22F3N5O. The third kappa shape index (κ3) is 3.57. The molecule has 174 valence electrons. The number of nitrogens with zero attached hydrogens (tertiary/aromatic N) is 5. The summed E-state index contributed by atoms with van der Waals surface area (Å²) >= 11 is 0. The van der Waals surface area contributed by atoms with E-state index >= 15 is 0 Å². The predicted octanol–water partition coefficient (Wildman–Crippen LogP) is 4.66. The van der Waals surface area contributed by atoms with Crippen LogP contribution in [0.5, 0.6) is 0 Å². The lowest BCUT2D eigenvalue weighted by Gasteiger charge is -2.33. The fraction of sp³-hybridized carbons (Fsp3) is 0.240. The van der Waals surface area contributed by atoms with Gasteiger partial charge in [0, 0.05) is 49.1 Å². The molecule has 6 nitrogen and oxygen atoms in total. The molecule has 1 aliphatic heterocycles. The predicted molar refractivity (Wildman–Crippen MR) is 120 cm³/mol. The lowest BCUT2D eigenvalue weighted by molar-refractivity contribution is 0.0673. The van der Waals surface area contributed by atoms with Gasteiger partial charge in [0.2, 0.25) is 0 Å². The van der Waals surface area contributed by atoms with E-state index in [1.807, 2.05) is 38.4 Å². The lowest BCUT2D eigenvalue weighted by Crippen LogP contribution is -2.38. The van der Waals surface area contributed by atoms with Crippen LogP contribution in [0.25, 0.3) is 22.4 Å². The molecular weight excluding hydrogens is 443 g/mol. The van der Waals surface area contributed by atoms with E-state index in [1.165, 1.54) is 4.68 Å². The van der Waals surface area contributed by atoms with Crippen LogP contribution in [-0.2, 0) is 20.5 Å². The number of fused-ring (bicyclic) bond motifs is 1. The molecule has 0 spiro atoms. The number of hydrogen-bond acceptors (Lipinski definition) is 3. The first-order valence-electron chi connectivity index (χ1n) is 10.9. The van der Waals surface area contributed by atoms with E-state index < -0.39 is 17.5 Å².